The van der Waals surface area contributed by atoms with E-state index >= 15 is 0 Å². The number of esters is 1. The average Bonchev–Trinajstić information content (AvgIpc) is 2.26. The number of aliphatic hydroxyl groups excluding tert-OH is 1. The van der Waals surface area contributed by atoms with Crippen molar-refractivity contribution in [1.29, 1.82) is 0 Å². The van der Waals surface area contributed by atoms with Gasteiger partial charge >= 0.3 is 5.97 Å². The number of benzene rings is 1. The SMILES string of the molecule is COC(=O)c1ccc([C@H](O)CN)cc1C. The number of aliphatic hydroxyl groups is 1. The average molecular weight is 209 g/mol. The molecule has 0 bridgehead atoms. The summed E-state index contributed by atoms with van der Waals surface area (Å²) < 4.78 is 4.62. The van der Waals surface area contributed by atoms with E-state index in [0.717, 1.165) is 5.56 Å². The minimum Gasteiger partial charge on any atom is -0.465 e. The second kappa shape index (κ2) is 4.91. The number of nitrogens with two attached hydrogens (primary N) is 1. The zero-order valence-corrected chi connectivity index (χ0v) is 8.86. The van der Waals surface area contributed by atoms with Crippen LogP contribution >= 0.6 is 0 Å². The van der Waals surface area contributed by atoms with Crippen molar-refractivity contribution in [3.63, 3.8) is 0 Å². The standard InChI is InChI=1S/C11H15NO3/c1-7-5-8(10(13)6-12)3-4-9(7)11(14)15-2/h3-5,10,13H,6,12H2,1-2H3/t10-/m1/s1. The summed E-state index contributed by atoms with van der Waals surface area (Å²) in [4.78, 5) is 11.3. The van der Waals surface area contributed by atoms with Crippen LogP contribution in [-0.2, 0) is 4.74 Å². The third-order valence-electron chi connectivity index (χ3n) is 2.26. The Morgan fingerprint density at radius 2 is 2.27 bits per heavy atom. The number of methoxy groups -OCH3 is 1. The van der Waals surface area contributed by atoms with Crippen molar-refractivity contribution < 1.29 is 14.6 Å². The van der Waals surface area contributed by atoms with Gasteiger partial charge in [-0.25, -0.2) is 4.79 Å². The maximum Gasteiger partial charge on any atom is 0.338 e. The smallest absolute Gasteiger partial charge is 0.338 e. The van der Waals surface area contributed by atoms with Crippen molar-refractivity contribution in [3.05, 3.63) is 34.9 Å². The highest BCUT2D eigenvalue weighted by Crippen LogP contribution is 2.17. The number of carbonyl (C=O) groups excluding carboxylic acids is 1. The van der Waals surface area contributed by atoms with Crippen LogP contribution in [-0.4, -0.2) is 24.7 Å². The molecule has 4 heteroatoms. The highest BCUT2D eigenvalue weighted by atomic mass is 16.5. The van der Waals surface area contributed by atoms with Crippen molar-refractivity contribution in [2.45, 2.75) is 13.0 Å². The Morgan fingerprint density at radius 1 is 1.60 bits per heavy atom. The zero-order valence-electron chi connectivity index (χ0n) is 8.86. The Kier molecular flexibility index (Phi) is 3.82. The van der Waals surface area contributed by atoms with Gasteiger partial charge in [0.05, 0.1) is 18.8 Å². The summed E-state index contributed by atoms with van der Waals surface area (Å²) in [5, 5.41) is 9.50. The quantitative estimate of drug-likeness (QED) is 0.721. The highest BCUT2D eigenvalue weighted by Gasteiger charge is 2.11. The third kappa shape index (κ3) is 2.55. The molecule has 1 atom stereocenters. The van der Waals surface area contributed by atoms with Crippen LogP contribution in [0.4, 0.5) is 0 Å². The van der Waals surface area contributed by atoms with Crippen LogP contribution in [0.2, 0.25) is 0 Å². The van der Waals surface area contributed by atoms with Crippen molar-refractivity contribution in [3.8, 4) is 0 Å². The first kappa shape index (κ1) is 11.7. The molecule has 3 N–H and O–H groups in total. The van der Waals surface area contributed by atoms with Crippen LogP contribution in [0, 0.1) is 6.92 Å². The van der Waals surface area contributed by atoms with Gasteiger partial charge in [-0.3, -0.25) is 0 Å². The first-order valence-corrected chi connectivity index (χ1v) is 4.67. The lowest BCUT2D eigenvalue weighted by molar-refractivity contribution is 0.0599. The van der Waals surface area contributed by atoms with E-state index in [2.05, 4.69) is 4.74 Å². The van der Waals surface area contributed by atoms with Crippen LogP contribution in [0.1, 0.15) is 27.6 Å². The number of rotatable bonds is 3. The summed E-state index contributed by atoms with van der Waals surface area (Å²) in [5.74, 6) is -0.374. The number of hydrogen-bond donors (Lipinski definition) is 2. The van der Waals surface area contributed by atoms with Gasteiger partial charge in [-0.1, -0.05) is 12.1 Å². The fraction of sp³-hybridized carbons (Fsp3) is 0.364. The second-order valence-corrected chi connectivity index (χ2v) is 3.32. The van der Waals surface area contributed by atoms with E-state index in [-0.39, 0.29) is 12.5 Å². The Bertz CT molecular complexity index is 363. The van der Waals surface area contributed by atoms with Gasteiger partial charge in [-0.15, -0.1) is 0 Å². The van der Waals surface area contributed by atoms with Crippen LogP contribution in [0.5, 0.6) is 0 Å². The molecule has 0 aliphatic rings. The number of carbonyl (C=O) groups is 1. The summed E-state index contributed by atoms with van der Waals surface area (Å²) in [6.45, 7) is 1.95. The van der Waals surface area contributed by atoms with Gasteiger partial charge in [0.2, 0.25) is 0 Å². The van der Waals surface area contributed by atoms with E-state index in [4.69, 9.17) is 5.73 Å². The lowest BCUT2D eigenvalue weighted by atomic mass is 10.0. The lowest BCUT2D eigenvalue weighted by Gasteiger charge is -2.10. The molecule has 0 spiro atoms. The van der Waals surface area contributed by atoms with Crippen molar-refractivity contribution in [2.24, 2.45) is 5.73 Å². The molecular weight excluding hydrogens is 194 g/mol. The first-order chi connectivity index (χ1) is 7.10. The summed E-state index contributed by atoms with van der Waals surface area (Å²) in [6.07, 6.45) is -0.685. The molecule has 0 aliphatic heterocycles. The van der Waals surface area contributed by atoms with E-state index < -0.39 is 6.10 Å². The normalized spacial score (nSPS) is 12.3. The Labute approximate surface area is 88.7 Å². The molecule has 0 unspecified atom stereocenters. The van der Waals surface area contributed by atoms with Crippen LogP contribution in [0.3, 0.4) is 0 Å². The zero-order chi connectivity index (χ0) is 11.4. The first-order valence-electron chi connectivity index (χ1n) is 4.67. The van der Waals surface area contributed by atoms with Gasteiger partial charge in [0.1, 0.15) is 0 Å². The van der Waals surface area contributed by atoms with Gasteiger partial charge < -0.3 is 15.6 Å². The maximum absolute atomic E-state index is 11.3. The molecular formula is C11H15NO3. The third-order valence-corrected chi connectivity index (χ3v) is 2.26. The molecule has 15 heavy (non-hydrogen) atoms. The van der Waals surface area contributed by atoms with Gasteiger partial charge in [-0.05, 0) is 24.1 Å². The van der Waals surface area contributed by atoms with Crippen LogP contribution < -0.4 is 5.73 Å². The molecule has 0 aliphatic carbocycles. The molecule has 1 aromatic rings. The van der Waals surface area contributed by atoms with Crippen molar-refractivity contribution in [2.75, 3.05) is 13.7 Å². The molecule has 1 aromatic carbocycles. The fourth-order valence-electron chi connectivity index (χ4n) is 1.37. The molecule has 1 rings (SSSR count). The molecule has 0 radical (unpaired) electrons. The predicted molar refractivity (Wildman–Crippen MR) is 56.5 cm³/mol. The van der Waals surface area contributed by atoms with E-state index in [1.807, 2.05) is 0 Å². The van der Waals surface area contributed by atoms with E-state index in [0.29, 0.717) is 11.1 Å². The number of ether oxygens (including phenoxy) is 1. The van der Waals surface area contributed by atoms with E-state index in [1.165, 1.54) is 7.11 Å². The van der Waals surface area contributed by atoms with Crippen LogP contribution in [0.15, 0.2) is 18.2 Å². The Balaban J connectivity index is 3.03. The van der Waals surface area contributed by atoms with Crippen LogP contribution in [0.25, 0.3) is 0 Å². The summed E-state index contributed by atoms with van der Waals surface area (Å²) in [6, 6.07) is 5.05. The fourth-order valence-corrected chi connectivity index (χ4v) is 1.37. The van der Waals surface area contributed by atoms with E-state index in [9.17, 15) is 9.90 Å². The molecule has 0 heterocycles. The largest absolute Gasteiger partial charge is 0.465 e. The highest BCUT2D eigenvalue weighted by molar-refractivity contribution is 5.90. The Morgan fingerprint density at radius 3 is 2.73 bits per heavy atom. The summed E-state index contributed by atoms with van der Waals surface area (Å²) in [5.41, 5.74) is 7.32. The molecule has 0 amide bonds. The molecule has 82 valence electrons. The van der Waals surface area contributed by atoms with Gasteiger partial charge in [0, 0.05) is 6.54 Å². The van der Waals surface area contributed by atoms with Gasteiger partial charge in [0.15, 0.2) is 0 Å². The minimum absolute atomic E-state index is 0.164. The predicted octanol–water partition coefficient (Wildman–Crippen LogP) is 0.774. The van der Waals surface area contributed by atoms with Gasteiger partial charge in [-0.2, -0.15) is 0 Å². The Hall–Kier alpha value is -1.39. The molecule has 0 saturated heterocycles. The molecule has 0 saturated carbocycles. The molecule has 4 nitrogen and oxygen atoms in total. The van der Waals surface area contributed by atoms with Gasteiger partial charge in [0.25, 0.3) is 0 Å². The number of hydrogen-bond acceptors (Lipinski definition) is 4. The topological polar surface area (TPSA) is 72.5 Å². The lowest BCUT2D eigenvalue weighted by Crippen LogP contribution is -2.12. The number of aryl methyl sites for hydroxylation is 1. The maximum atomic E-state index is 11.3. The monoisotopic (exact) mass is 209 g/mol. The molecule has 0 aromatic heterocycles. The van der Waals surface area contributed by atoms with E-state index in [1.54, 1.807) is 25.1 Å². The summed E-state index contributed by atoms with van der Waals surface area (Å²) in [7, 11) is 1.34. The van der Waals surface area contributed by atoms with Crippen molar-refractivity contribution >= 4 is 5.97 Å². The minimum atomic E-state index is -0.685. The second-order valence-electron chi connectivity index (χ2n) is 3.32. The molecule has 0 fully saturated rings. The summed E-state index contributed by atoms with van der Waals surface area (Å²) >= 11 is 0. The van der Waals surface area contributed by atoms with Crippen molar-refractivity contribution in [1.82, 2.24) is 0 Å².